The van der Waals surface area contributed by atoms with Crippen molar-refractivity contribution in [2.45, 2.75) is 44.7 Å². The lowest BCUT2D eigenvalue weighted by Crippen LogP contribution is -2.51. The van der Waals surface area contributed by atoms with Gasteiger partial charge in [-0.05, 0) is 39.3 Å². The third-order valence-electron chi connectivity index (χ3n) is 3.74. The molecular formula is C14H21NO3S. The van der Waals surface area contributed by atoms with Crippen LogP contribution in [0.4, 0.5) is 0 Å². The number of rotatable bonds is 2. The maximum absolute atomic E-state index is 12.7. The number of morpholine rings is 1. The Morgan fingerprint density at radius 2 is 1.95 bits per heavy atom. The molecule has 0 saturated carbocycles. The fourth-order valence-corrected chi connectivity index (χ4v) is 4.34. The SMILES string of the molecule is Cc1ccc(S(=O)(=O)N2CCOC(C)C2C)c(C)c1. The third kappa shape index (κ3) is 2.68. The largest absolute Gasteiger partial charge is 0.375 e. The van der Waals surface area contributed by atoms with Crippen molar-refractivity contribution >= 4 is 10.0 Å². The highest BCUT2D eigenvalue weighted by molar-refractivity contribution is 7.89. The van der Waals surface area contributed by atoms with E-state index >= 15 is 0 Å². The van der Waals surface area contributed by atoms with Crippen LogP contribution in [0.5, 0.6) is 0 Å². The molecule has 0 radical (unpaired) electrons. The van der Waals surface area contributed by atoms with Crippen molar-refractivity contribution in [3.05, 3.63) is 29.3 Å². The standard InChI is InChI=1S/C14H21NO3S/c1-10-5-6-14(11(2)9-10)19(16,17)15-7-8-18-13(4)12(15)3/h5-6,9,12-13H,7-8H2,1-4H3. The van der Waals surface area contributed by atoms with Gasteiger partial charge < -0.3 is 4.74 Å². The van der Waals surface area contributed by atoms with Crippen LogP contribution in [-0.4, -0.2) is 38.0 Å². The molecule has 1 aliphatic rings. The van der Waals surface area contributed by atoms with Crippen LogP contribution in [-0.2, 0) is 14.8 Å². The van der Waals surface area contributed by atoms with Gasteiger partial charge >= 0.3 is 0 Å². The first kappa shape index (κ1) is 14.5. The Morgan fingerprint density at radius 3 is 2.58 bits per heavy atom. The van der Waals surface area contributed by atoms with Gasteiger partial charge in [-0.2, -0.15) is 4.31 Å². The van der Waals surface area contributed by atoms with Gasteiger partial charge in [-0.15, -0.1) is 0 Å². The number of benzene rings is 1. The van der Waals surface area contributed by atoms with E-state index in [1.807, 2.05) is 39.8 Å². The molecule has 0 spiro atoms. The average Bonchev–Trinajstić information content (AvgIpc) is 2.31. The van der Waals surface area contributed by atoms with E-state index in [1.54, 1.807) is 10.4 Å². The van der Waals surface area contributed by atoms with Crippen molar-refractivity contribution in [2.75, 3.05) is 13.2 Å². The van der Waals surface area contributed by atoms with Crippen molar-refractivity contribution in [2.24, 2.45) is 0 Å². The lowest BCUT2D eigenvalue weighted by Gasteiger charge is -2.37. The summed E-state index contributed by atoms with van der Waals surface area (Å²) in [7, 11) is -3.44. The maximum atomic E-state index is 12.7. The van der Waals surface area contributed by atoms with Gasteiger partial charge in [-0.25, -0.2) is 8.42 Å². The summed E-state index contributed by atoms with van der Waals surface area (Å²) in [6.45, 7) is 8.48. The molecule has 1 aliphatic heterocycles. The topological polar surface area (TPSA) is 46.6 Å². The van der Waals surface area contributed by atoms with Gasteiger partial charge in [0.1, 0.15) is 0 Å². The molecule has 5 heteroatoms. The zero-order chi connectivity index (χ0) is 14.2. The lowest BCUT2D eigenvalue weighted by molar-refractivity contribution is -0.0232. The van der Waals surface area contributed by atoms with Crippen LogP contribution in [0.25, 0.3) is 0 Å². The molecule has 2 atom stereocenters. The quantitative estimate of drug-likeness (QED) is 0.835. The molecule has 4 nitrogen and oxygen atoms in total. The first-order valence-electron chi connectivity index (χ1n) is 6.54. The van der Waals surface area contributed by atoms with Crippen molar-refractivity contribution in [1.82, 2.24) is 4.31 Å². The van der Waals surface area contributed by atoms with Gasteiger partial charge in [0.15, 0.2) is 0 Å². The predicted molar refractivity (Wildman–Crippen MR) is 74.7 cm³/mol. The third-order valence-corrected chi connectivity index (χ3v) is 5.89. The summed E-state index contributed by atoms with van der Waals surface area (Å²) in [5, 5.41) is 0. The molecule has 1 aromatic carbocycles. The molecule has 1 saturated heterocycles. The Morgan fingerprint density at radius 1 is 1.26 bits per heavy atom. The van der Waals surface area contributed by atoms with Gasteiger partial charge in [0, 0.05) is 12.6 Å². The molecule has 106 valence electrons. The summed E-state index contributed by atoms with van der Waals surface area (Å²) in [4.78, 5) is 0.402. The van der Waals surface area contributed by atoms with Crippen molar-refractivity contribution in [3.63, 3.8) is 0 Å². The summed E-state index contributed by atoms with van der Waals surface area (Å²) in [6.07, 6.45) is -0.0747. The molecule has 0 N–H and O–H groups in total. The van der Waals surface area contributed by atoms with Crippen LogP contribution in [0.3, 0.4) is 0 Å². The fraction of sp³-hybridized carbons (Fsp3) is 0.571. The van der Waals surface area contributed by atoms with Crippen LogP contribution in [0.15, 0.2) is 23.1 Å². The van der Waals surface area contributed by atoms with E-state index < -0.39 is 10.0 Å². The molecule has 0 bridgehead atoms. The number of hydrogen-bond donors (Lipinski definition) is 0. The van der Waals surface area contributed by atoms with Gasteiger partial charge in [0.2, 0.25) is 10.0 Å². The van der Waals surface area contributed by atoms with Crippen molar-refractivity contribution in [1.29, 1.82) is 0 Å². The predicted octanol–water partition coefficient (Wildman–Crippen LogP) is 2.10. The van der Waals surface area contributed by atoms with Crippen molar-refractivity contribution in [3.8, 4) is 0 Å². The fourth-order valence-electron chi connectivity index (χ4n) is 2.46. The van der Waals surface area contributed by atoms with E-state index in [2.05, 4.69) is 0 Å². The number of nitrogens with zero attached hydrogens (tertiary/aromatic N) is 1. The van der Waals surface area contributed by atoms with E-state index in [0.29, 0.717) is 18.0 Å². The molecule has 2 unspecified atom stereocenters. The smallest absolute Gasteiger partial charge is 0.243 e. The summed E-state index contributed by atoms with van der Waals surface area (Å²) < 4.78 is 32.5. The Hall–Kier alpha value is -0.910. The average molecular weight is 283 g/mol. The molecule has 0 aliphatic carbocycles. The zero-order valence-electron chi connectivity index (χ0n) is 11.9. The normalized spacial score (nSPS) is 25.5. The molecule has 2 rings (SSSR count). The summed E-state index contributed by atoms with van der Waals surface area (Å²) in [6, 6.07) is 5.31. The Bertz CT molecular complexity index is 568. The van der Waals surface area contributed by atoms with E-state index in [4.69, 9.17) is 4.74 Å². The number of hydrogen-bond acceptors (Lipinski definition) is 3. The second-order valence-corrected chi connectivity index (χ2v) is 7.06. The first-order valence-corrected chi connectivity index (χ1v) is 7.98. The van der Waals surface area contributed by atoms with Crippen LogP contribution in [0.1, 0.15) is 25.0 Å². The molecule has 1 heterocycles. The maximum Gasteiger partial charge on any atom is 0.243 e. The minimum absolute atomic E-state index is 0.0747. The van der Waals surface area contributed by atoms with E-state index in [0.717, 1.165) is 11.1 Å². The first-order chi connectivity index (χ1) is 8.84. The summed E-state index contributed by atoms with van der Waals surface area (Å²) in [5.41, 5.74) is 1.87. The highest BCUT2D eigenvalue weighted by Gasteiger charge is 2.35. The minimum atomic E-state index is -3.44. The highest BCUT2D eigenvalue weighted by atomic mass is 32.2. The van der Waals surface area contributed by atoms with Crippen LogP contribution < -0.4 is 0 Å². The summed E-state index contributed by atoms with van der Waals surface area (Å²) >= 11 is 0. The van der Waals surface area contributed by atoms with Gasteiger partial charge in [-0.3, -0.25) is 0 Å². The van der Waals surface area contributed by atoms with E-state index in [9.17, 15) is 8.42 Å². The van der Waals surface area contributed by atoms with Crippen LogP contribution in [0, 0.1) is 13.8 Å². The second kappa shape index (κ2) is 5.23. The molecule has 19 heavy (non-hydrogen) atoms. The molecule has 0 amide bonds. The second-order valence-electron chi connectivity index (χ2n) is 5.20. The zero-order valence-corrected chi connectivity index (χ0v) is 12.7. The van der Waals surface area contributed by atoms with Crippen LogP contribution in [0.2, 0.25) is 0 Å². The summed E-state index contributed by atoms with van der Waals surface area (Å²) in [5.74, 6) is 0. The van der Waals surface area contributed by atoms with Gasteiger partial charge in [0.25, 0.3) is 0 Å². The molecule has 1 aromatic rings. The van der Waals surface area contributed by atoms with Crippen molar-refractivity contribution < 1.29 is 13.2 Å². The lowest BCUT2D eigenvalue weighted by atomic mass is 10.2. The number of aryl methyl sites for hydroxylation is 2. The van der Waals surface area contributed by atoms with E-state index in [-0.39, 0.29) is 12.1 Å². The monoisotopic (exact) mass is 283 g/mol. The Balaban J connectivity index is 2.41. The van der Waals surface area contributed by atoms with Gasteiger partial charge in [0.05, 0.1) is 17.6 Å². The molecule has 0 aromatic heterocycles. The highest BCUT2D eigenvalue weighted by Crippen LogP contribution is 2.25. The Labute approximate surface area is 115 Å². The molecular weight excluding hydrogens is 262 g/mol. The number of ether oxygens (including phenoxy) is 1. The van der Waals surface area contributed by atoms with E-state index in [1.165, 1.54) is 0 Å². The van der Waals surface area contributed by atoms with Crippen LogP contribution >= 0.6 is 0 Å². The minimum Gasteiger partial charge on any atom is -0.375 e. The molecule has 1 fully saturated rings. The van der Waals surface area contributed by atoms with Gasteiger partial charge in [-0.1, -0.05) is 17.7 Å². The Kier molecular flexibility index (Phi) is 3.99. The number of sulfonamides is 1.